The maximum absolute atomic E-state index is 6.09. The predicted octanol–water partition coefficient (Wildman–Crippen LogP) is 2.31. The van der Waals surface area contributed by atoms with E-state index in [2.05, 4.69) is 24.4 Å². The Hall–Kier alpha value is -0.990. The Kier molecular flexibility index (Phi) is 5.29. The average Bonchev–Trinajstić information content (AvgIpc) is 2.99. The highest BCUT2D eigenvalue weighted by molar-refractivity contribution is 7.98. The highest BCUT2D eigenvalue weighted by Crippen LogP contribution is 2.20. The Morgan fingerprint density at radius 2 is 2.21 bits per heavy atom. The minimum absolute atomic E-state index is 0.710. The zero-order chi connectivity index (χ0) is 13.7. The van der Waals surface area contributed by atoms with Gasteiger partial charge in [-0.05, 0) is 0 Å². The van der Waals surface area contributed by atoms with E-state index >= 15 is 0 Å². The minimum Gasteiger partial charge on any atom is -0.369 e. The monoisotopic (exact) mass is 318 g/mol. The number of hydrogen-bond acceptors (Lipinski definition) is 7. The molecule has 0 aromatic carbocycles. The summed E-state index contributed by atoms with van der Waals surface area (Å²) in [5.41, 5.74) is 0.931. The Bertz CT molecular complexity index is 526. The van der Waals surface area contributed by atoms with E-state index in [1.807, 2.05) is 18.7 Å². The normalized spacial score (nSPS) is 10.7. The van der Waals surface area contributed by atoms with E-state index in [1.165, 1.54) is 11.7 Å². The van der Waals surface area contributed by atoms with E-state index < -0.39 is 0 Å². The predicted molar refractivity (Wildman–Crippen MR) is 82.3 cm³/mol. The number of halogens is 1. The van der Waals surface area contributed by atoms with E-state index in [9.17, 15) is 0 Å². The number of thioether (sulfide) groups is 1. The number of nitrogens with one attached hydrogen (secondary N) is 2. The van der Waals surface area contributed by atoms with Crippen LogP contribution in [0.2, 0.25) is 5.15 Å². The smallest absolute Gasteiger partial charge is 0.184 e. The number of hydrogen-bond donors (Lipinski definition) is 2. The molecule has 0 unspecified atom stereocenters. The first-order valence-corrected chi connectivity index (χ1v) is 7.96. The van der Waals surface area contributed by atoms with Gasteiger partial charge >= 0.3 is 0 Å². The van der Waals surface area contributed by atoms with Crippen molar-refractivity contribution in [1.29, 1.82) is 0 Å². The Morgan fingerprint density at radius 3 is 2.89 bits per heavy atom. The molecule has 0 fully saturated rings. The maximum atomic E-state index is 6.09. The second-order valence-electron chi connectivity index (χ2n) is 3.78. The standard InChI is InChI=1S/C10H15ClN6S2/c1-12-9-10(16-19-15-9)13-3-4-18-5-7-8(11)17(2)6-14-7/h6H,3-5H2,1-2H3,(H,12,15)(H,13,16). The van der Waals surface area contributed by atoms with Crippen molar-refractivity contribution in [3.05, 3.63) is 17.2 Å². The molecular weight excluding hydrogens is 304 g/mol. The third-order valence-electron chi connectivity index (χ3n) is 2.44. The van der Waals surface area contributed by atoms with Gasteiger partial charge in [0, 0.05) is 32.1 Å². The summed E-state index contributed by atoms with van der Waals surface area (Å²) < 4.78 is 10.1. The second kappa shape index (κ2) is 6.97. The summed E-state index contributed by atoms with van der Waals surface area (Å²) in [5, 5.41) is 6.94. The third kappa shape index (κ3) is 3.74. The van der Waals surface area contributed by atoms with Gasteiger partial charge in [0.15, 0.2) is 11.6 Å². The van der Waals surface area contributed by atoms with Crippen LogP contribution in [0.15, 0.2) is 6.33 Å². The number of nitrogens with zero attached hydrogens (tertiary/aromatic N) is 4. The van der Waals surface area contributed by atoms with Crippen molar-refractivity contribution < 1.29 is 0 Å². The van der Waals surface area contributed by atoms with Gasteiger partial charge in [-0.25, -0.2) is 4.98 Å². The summed E-state index contributed by atoms with van der Waals surface area (Å²) in [7, 11) is 3.72. The van der Waals surface area contributed by atoms with Crippen molar-refractivity contribution in [2.24, 2.45) is 7.05 Å². The lowest BCUT2D eigenvalue weighted by Crippen LogP contribution is -2.06. The van der Waals surface area contributed by atoms with E-state index in [4.69, 9.17) is 11.6 Å². The molecule has 6 nitrogen and oxygen atoms in total. The molecule has 104 valence electrons. The van der Waals surface area contributed by atoms with E-state index in [-0.39, 0.29) is 0 Å². The molecule has 0 aliphatic carbocycles. The summed E-state index contributed by atoms with van der Waals surface area (Å²) in [4.78, 5) is 4.25. The molecule has 0 aliphatic heterocycles. The molecule has 0 bridgehead atoms. The van der Waals surface area contributed by atoms with Crippen LogP contribution in [0.25, 0.3) is 0 Å². The molecule has 9 heteroatoms. The second-order valence-corrected chi connectivity index (χ2v) is 5.78. The quantitative estimate of drug-likeness (QED) is 0.764. The van der Waals surface area contributed by atoms with Gasteiger partial charge in [0.2, 0.25) is 0 Å². The first kappa shape index (κ1) is 14.4. The highest BCUT2D eigenvalue weighted by atomic mass is 35.5. The minimum atomic E-state index is 0.710. The van der Waals surface area contributed by atoms with Crippen LogP contribution in [0.1, 0.15) is 5.69 Å². The van der Waals surface area contributed by atoms with Crippen LogP contribution in [-0.4, -0.2) is 37.6 Å². The summed E-state index contributed by atoms with van der Waals surface area (Å²) in [5.74, 6) is 3.37. The fraction of sp³-hybridized carbons (Fsp3) is 0.500. The van der Waals surface area contributed by atoms with Crippen LogP contribution in [0.4, 0.5) is 11.6 Å². The molecule has 0 aliphatic rings. The molecule has 0 saturated heterocycles. The number of anilines is 2. The largest absolute Gasteiger partial charge is 0.369 e. The molecule has 2 aromatic heterocycles. The Morgan fingerprint density at radius 1 is 1.42 bits per heavy atom. The molecule has 0 atom stereocenters. The molecule has 0 spiro atoms. The van der Waals surface area contributed by atoms with Gasteiger partial charge in [-0.1, -0.05) is 11.6 Å². The Balaban J connectivity index is 1.69. The molecule has 0 saturated carbocycles. The number of aryl methyl sites for hydroxylation is 1. The fourth-order valence-electron chi connectivity index (χ4n) is 1.44. The summed E-state index contributed by atoms with van der Waals surface area (Å²) in [6, 6.07) is 0. The van der Waals surface area contributed by atoms with Gasteiger partial charge in [-0.3, -0.25) is 0 Å². The summed E-state index contributed by atoms with van der Waals surface area (Å²) in [6.07, 6.45) is 1.73. The molecule has 2 heterocycles. The van der Waals surface area contributed by atoms with E-state index in [1.54, 1.807) is 18.1 Å². The molecule has 0 radical (unpaired) electrons. The van der Waals surface area contributed by atoms with Gasteiger partial charge in [0.05, 0.1) is 23.7 Å². The average molecular weight is 319 g/mol. The molecule has 2 N–H and O–H groups in total. The zero-order valence-electron chi connectivity index (χ0n) is 10.7. The summed E-state index contributed by atoms with van der Waals surface area (Å²) in [6.45, 7) is 0.829. The van der Waals surface area contributed by atoms with Crippen LogP contribution < -0.4 is 10.6 Å². The number of imidazole rings is 1. The van der Waals surface area contributed by atoms with Crippen LogP contribution in [0.3, 0.4) is 0 Å². The lowest BCUT2D eigenvalue weighted by atomic mass is 10.5. The number of rotatable bonds is 7. The maximum Gasteiger partial charge on any atom is 0.184 e. The van der Waals surface area contributed by atoms with Crippen molar-refractivity contribution in [2.75, 3.05) is 30.0 Å². The van der Waals surface area contributed by atoms with Gasteiger partial charge in [0.1, 0.15) is 5.15 Å². The fourth-order valence-corrected chi connectivity index (χ4v) is 3.01. The van der Waals surface area contributed by atoms with Gasteiger partial charge in [-0.15, -0.1) is 0 Å². The first-order chi connectivity index (χ1) is 9.22. The van der Waals surface area contributed by atoms with Crippen molar-refractivity contribution in [2.45, 2.75) is 5.75 Å². The summed E-state index contributed by atoms with van der Waals surface area (Å²) >= 11 is 9.06. The SMILES string of the molecule is CNc1nsnc1NCCSCc1ncn(C)c1Cl. The van der Waals surface area contributed by atoms with Gasteiger partial charge in [0.25, 0.3) is 0 Å². The third-order valence-corrected chi connectivity index (χ3v) is 4.42. The van der Waals surface area contributed by atoms with Crippen LogP contribution in [0, 0.1) is 0 Å². The van der Waals surface area contributed by atoms with Crippen molar-refractivity contribution >= 4 is 46.7 Å². The van der Waals surface area contributed by atoms with Gasteiger partial charge < -0.3 is 15.2 Å². The molecule has 0 amide bonds. The van der Waals surface area contributed by atoms with Crippen LogP contribution in [0.5, 0.6) is 0 Å². The first-order valence-electron chi connectivity index (χ1n) is 5.70. The van der Waals surface area contributed by atoms with Crippen molar-refractivity contribution in [3.8, 4) is 0 Å². The van der Waals surface area contributed by atoms with Crippen molar-refractivity contribution in [3.63, 3.8) is 0 Å². The molecular formula is C10H15ClN6S2. The van der Waals surface area contributed by atoms with E-state index in [0.717, 1.165) is 35.4 Å². The van der Waals surface area contributed by atoms with Crippen LogP contribution in [-0.2, 0) is 12.8 Å². The van der Waals surface area contributed by atoms with E-state index in [0.29, 0.717) is 5.15 Å². The molecule has 2 rings (SSSR count). The van der Waals surface area contributed by atoms with Gasteiger partial charge in [-0.2, -0.15) is 20.5 Å². The lowest BCUT2D eigenvalue weighted by molar-refractivity contribution is 0.913. The zero-order valence-corrected chi connectivity index (χ0v) is 13.1. The van der Waals surface area contributed by atoms with Crippen LogP contribution >= 0.6 is 35.1 Å². The lowest BCUT2D eigenvalue weighted by Gasteiger charge is -2.04. The topological polar surface area (TPSA) is 67.7 Å². The van der Waals surface area contributed by atoms with Crippen molar-refractivity contribution in [1.82, 2.24) is 18.3 Å². The Labute approximate surface area is 125 Å². The molecule has 19 heavy (non-hydrogen) atoms. The number of aromatic nitrogens is 4. The highest BCUT2D eigenvalue weighted by Gasteiger charge is 2.07. The molecule has 2 aromatic rings.